The van der Waals surface area contributed by atoms with Gasteiger partial charge in [0.1, 0.15) is 5.65 Å². The summed E-state index contributed by atoms with van der Waals surface area (Å²) in [7, 11) is 0. The Hall–Kier alpha value is -2.92. The molecule has 0 atom stereocenters. The first-order valence-electron chi connectivity index (χ1n) is 8.05. The number of carbonyl (C=O) groups is 1. The van der Waals surface area contributed by atoms with Crippen molar-refractivity contribution in [3.05, 3.63) is 76.7 Å². The van der Waals surface area contributed by atoms with Crippen molar-refractivity contribution in [3.8, 4) is 11.3 Å². The maximum absolute atomic E-state index is 12.4. The summed E-state index contributed by atoms with van der Waals surface area (Å²) in [4.78, 5) is 17.1. The number of fused-ring (bicyclic) bond motifs is 1. The Bertz CT molecular complexity index is 1030. The maximum Gasteiger partial charge on any atom is 0.228 e. The lowest BCUT2D eigenvalue weighted by molar-refractivity contribution is -0.115. The first-order valence-corrected chi connectivity index (χ1v) is 8.99. The van der Waals surface area contributed by atoms with Crippen molar-refractivity contribution in [1.29, 1.82) is 0 Å². The summed E-state index contributed by atoms with van der Waals surface area (Å²) >= 11 is 1.60. The van der Waals surface area contributed by atoms with Crippen LogP contribution in [0.4, 0.5) is 5.69 Å². The van der Waals surface area contributed by atoms with Crippen molar-refractivity contribution < 1.29 is 4.79 Å². The van der Waals surface area contributed by atoms with Crippen molar-refractivity contribution in [2.45, 2.75) is 13.3 Å². The second kappa shape index (κ2) is 6.53. The number of hydrogen-bond donors (Lipinski definition) is 1. The molecule has 0 aliphatic heterocycles. The van der Waals surface area contributed by atoms with Crippen molar-refractivity contribution in [2.24, 2.45) is 0 Å². The molecule has 0 bridgehead atoms. The van der Waals surface area contributed by atoms with Gasteiger partial charge in [-0.1, -0.05) is 24.3 Å². The van der Waals surface area contributed by atoms with Gasteiger partial charge in [-0.3, -0.25) is 4.79 Å². The highest BCUT2D eigenvalue weighted by atomic mass is 32.1. The molecule has 0 radical (unpaired) electrons. The lowest BCUT2D eigenvalue weighted by Gasteiger charge is -2.09. The number of aryl methyl sites for hydroxylation is 1. The molecule has 5 heteroatoms. The zero-order chi connectivity index (χ0) is 17.2. The van der Waals surface area contributed by atoms with Crippen LogP contribution in [-0.2, 0) is 11.2 Å². The molecular weight excluding hydrogens is 330 g/mol. The van der Waals surface area contributed by atoms with E-state index in [1.807, 2.05) is 76.9 Å². The van der Waals surface area contributed by atoms with Gasteiger partial charge in [-0.15, -0.1) is 0 Å². The minimum atomic E-state index is -0.0224. The number of amides is 1. The van der Waals surface area contributed by atoms with E-state index in [0.717, 1.165) is 33.7 Å². The van der Waals surface area contributed by atoms with E-state index in [9.17, 15) is 4.79 Å². The van der Waals surface area contributed by atoms with Gasteiger partial charge >= 0.3 is 0 Å². The quantitative estimate of drug-likeness (QED) is 0.588. The SMILES string of the molecule is Cc1cccn2cc(-c3ccccc3NC(=O)Cc3ccsc3)nc12. The Balaban J connectivity index is 1.66. The van der Waals surface area contributed by atoms with E-state index in [0.29, 0.717) is 6.42 Å². The van der Waals surface area contributed by atoms with E-state index >= 15 is 0 Å². The van der Waals surface area contributed by atoms with Crippen molar-refractivity contribution in [1.82, 2.24) is 9.38 Å². The summed E-state index contributed by atoms with van der Waals surface area (Å²) < 4.78 is 2.01. The molecular formula is C20H17N3OS. The van der Waals surface area contributed by atoms with E-state index in [1.165, 1.54) is 0 Å². The minimum Gasteiger partial charge on any atom is -0.325 e. The Kier molecular flexibility index (Phi) is 4.07. The van der Waals surface area contributed by atoms with Gasteiger partial charge < -0.3 is 9.72 Å². The third-order valence-corrected chi connectivity index (χ3v) is 4.83. The Labute approximate surface area is 149 Å². The van der Waals surface area contributed by atoms with Crippen LogP contribution in [0.5, 0.6) is 0 Å². The largest absolute Gasteiger partial charge is 0.325 e. The van der Waals surface area contributed by atoms with Gasteiger partial charge in [0, 0.05) is 18.0 Å². The number of para-hydroxylation sites is 1. The van der Waals surface area contributed by atoms with Gasteiger partial charge in [0.2, 0.25) is 5.91 Å². The summed E-state index contributed by atoms with van der Waals surface area (Å²) in [6.07, 6.45) is 4.35. The molecule has 3 aromatic heterocycles. The smallest absolute Gasteiger partial charge is 0.228 e. The standard InChI is InChI=1S/C20H17N3OS/c1-14-5-4-9-23-12-18(22-20(14)23)16-6-2-3-7-17(16)21-19(24)11-15-8-10-25-13-15/h2-10,12-13H,11H2,1H3,(H,21,24). The predicted octanol–water partition coefficient (Wildman–Crippen LogP) is 4.55. The van der Waals surface area contributed by atoms with E-state index in [2.05, 4.69) is 5.32 Å². The zero-order valence-electron chi connectivity index (χ0n) is 13.8. The molecule has 0 saturated carbocycles. The molecule has 124 valence electrons. The number of aromatic nitrogens is 2. The van der Waals surface area contributed by atoms with Gasteiger partial charge in [0.15, 0.2) is 0 Å². The van der Waals surface area contributed by atoms with E-state index in [4.69, 9.17) is 4.98 Å². The van der Waals surface area contributed by atoms with Gasteiger partial charge in [0.05, 0.1) is 17.8 Å². The maximum atomic E-state index is 12.4. The van der Waals surface area contributed by atoms with Gasteiger partial charge in [-0.05, 0) is 47.0 Å². The molecule has 0 unspecified atom stereocenters. The van der Waals surface area contributed by atoms with Crippen molar-refractivity contribution >= 4 is 28.6 Å². The summed E-state index contributed by atoms with van der Waals surface area (Å²) in [6, 6.07) is 13.8. The molecule has 0 fully saturated rings. The number of imidazole rings is 1. The van der Waals surface area contributed by atoms with Crippen LogP contribution in [0.3, 0.4) is 0 Å². The summed E-state index contributed by atoms with van der Waals surface area (Å²) in [5.74, 6) is -0.0224. The summed E-state index contributed by atoms with van der Waals surface area (Å²) in [5, 5.41) is 7.00. The number of nitrogens with one attached hydrogen (secondary N) is 1. The molecule has 1 aromatic carbocycles. The van der Waals surface area contributed by atoms with Crippen LogP contribution in [-0.4, -0.2) is 15.3 Å². The fourth-order valence-electron chi connectivity index (χ4n) is 2.87. The highest BCUT2D eigenvalue weighted by Crippen LogP contribution is 2.28. The second-order valence-electron chi connectivity index (χ2n) is 5.95. The van der Waals surface area contributed by atoms with Crippen LogP contribution in [0.25, 0.3) is 16.9 Å². The molecule has 1 amide bonds. The Morgan fingerprint density at radius 2 is 2.08 bits per heavy atom. The highest BCUT2D eigenvalue weighted by Gasteiger charge is 2.12. The Morgan fingerprint density at radius 1 is 1.20 bits per heavy atom. The first-order chi connectivity index (χ1) is 12.2. The molecule has 0 saturated heterocycles. The van der Waals surface area contributed by atoms with Crippen molar-refractivity contribution in [2.75, 3.05) is 5.32 Å². The highest BCUT2D eigenvalue weighted by molar-refractivity contribution is 7.08. The van der Waals surface area contributed by atoms with Crippen LogP contribution in [0.15, 0.2) is 65.6 Å². The summed E-state index contributed by atoms with van der Waals surface area (Å²) in [5.41, 5.74) is 5.63. The van der Waals surface area contributed by atoms with Gasteiger partial charge in [-0.25, -0.2) is 4.98 Å². The Morgan fingerprint density at radius 3 is 2.88 bits per heavy atom. The number of pyridine rings is 1. The average molecular weight is 347 g/mol. The fraction of sp³-hybridized carbons (Fsp3) is 0.100. The number of nitrogens with zero attached hydrogens (tertiary/aromatic N) is 2. The average Bonchev–Trinajstić information content (AvgIpc) is 3.25. The molecule has 3 heterocycles. The van der Waals surface area contributed by atoms with Crippen molar-refractivity contribution in [3.63, 3.8) is 0 Å². The lowest BCUT2D eigenvalue weighted by Crippen LogP contribution is -2.14. The van der Waals surface area contributed by atoms with E-state index in [-0.39, 0.29) is 5.91 Å². The normalized spacial score (nSPS) is 10.9. The minimum absolute atomic E-state index is 0.0224. The van der Waals surface area contributed by atoms with Crippen LogP contribution < -0.4 is 5.32 Å². The molecule has 0 aliphatic rings. The fourth-order valence-corrected chi connectivity index (χ4v) is 3.54. The van der Waals surface area contributed by atoms with Gasteiger partial charge in [-0.2, -0.15) is 11.3 Å². The lowest BCUT2D eigenvalue weighted by atomic mass is 10.1. The molecule has 4 aromatic rings. The van der Waals surface area contributed by atoms with Crippen LogP contribution in [0, 0.1) is 6.92 Å². The third kappa shape index (κ3) is 3.19. The number of thiophene rings is 1. The van der Waals surface area contributed by atoms with Gasteiger partial charge in [0.25, 0.3) is 0 Å². The first kappa shape index (κ1) is 15.6. The molecule has 0 spiro atoms. The second-order valence-corrected chi connectivity index (χ2v) is 6.73. The molecule has 25 heavy (non-hydrogen) atoms. The van der Waals surface area contributed by atoms with Crippen LogP contribution >= 0.6 is 11.3 Å². The topological polar surface area (TPSA) is 46.4 Å². The van der Waals surface area contributed by atoms with Crippen LogP contribution in [0.2, 0.25) is 0 Å². The molecule has 4 rings (SSSR count). The number of rotatable bonds is 4. The number of benzene rings is 1. The number of hydrogen-bond acceptors (Lipinski definition) is 3. The summed E-state index contributed by atoms with van der Waals surface area (Å²) in [6.45, 7) is 2.04. The third-order valence-electron chi connectivity index (χ3n) is 4.10. The molecule has 4 nitrogen and oxygen atoms in total. The molecule has 1 N–H and O–H groups in total. The van der Waals surface area contributed by atoms with Crippen LogP contribution in [0.1, 0.15) is 11.1 Å². The zero-order valence-corrected chi connectivity index (χ0v) is 14.6. The number of anilines is 1. The number of carbonyl (C=O) groups excluding carboxylic acids is 1. The van der Waals surface area contributed by atoms with E-state index < -0.39 is 0 Å². The predicted molar refractivity (Wildman–Crippen MR) is 102 cm³/mol. The van der Waals surface area contributed by atoms with E-state index in [1.54, 1.807) is 11.3 Å². The monoisotopic (exact) mass is 347 g/mol. The molecule has 0 aliphatic carbocycles.